The summed E-state index contributed by atoms with van der Waals surface area (Å²) in [5, 5.41) is 21.1. The summed E-state index contributed by atoms with van der Waals surface area (Å²) in [7, 11) is 1.52. The summed E-state index contributed by atoms with van der Waals surface area (Å²) in [6, 6.07) is 5.72. The predicted molar refractivity (Wildman–Crippen MR) is 99.4 cm³/mol. The van der Waals surface area contributed by atoms with E-state index in [1.54, 1.807) is 4.90 Å². The lowest BCUT2D eigenvalue weighted by molar-refractivity contribution is -0.0318. The van der Waals surface area contributed by atoms with Gasteiger partial charge < -0.3 is 15.3 Å². The minimum Gasteiger partial charge on any atom is -0.388 e. The van der Waals surface area contributed by atoms with Gasteiger partial charge in [-0.1, -0.05) is 11.3 Å². The molecule has 3 rings (SSSR count). The maximum atomic E-state index is 12.7. The Morgan fingerprint density at radius 2 is 1.93 bits per heavy atom. The number of likely N-dealkylation sites (tertiary alicyclic amines) is 1. The minimum absolute atomic E-state index is 0.0113. The fourth-order valence-electron chi connectivity index (χ4n) is 3.25. The molecule has 0 bridgehead atoms. The van der Waals surface area contributed by atoms with E-state index in [1.807, 2.05) is 32.0 Å². The molecule has 1 aliphatic heterocycles. The number of amides is 2. The molecule has 144 valence electrons. The highest BCUT2D eigenvalue weighted by atomic mass is 16.3. The Morgan fingerprint density at radius 1 is 1.22 bits per heavy atom. The third-order valence-electron chi connectivity index (χ3n) is 5.19. The van der Waals surface area contributed by atoms with Crippen molar-refractivity contribution in [2.45, 2.75) is 38.8 Å². The van der Waals surface area contributed by atoms with Crippen LogP contribution in [-0.2, 0) is 6.54 Å². The number of nitrogens with zero attached hydrogens (tertiary/aromatic N) is 4. The van der Waals surface area contributed by atoms with E-state index >= 15 is 0 Å². The van der Waals surface area contributed by atoms with Crippen molar-refractivity contribution >= 4 is 11.8 Å². The van der Waals surface area contributed by atoms with Crippen molar-refractivity contribution in [1.82, 2.24) is 25.2 Å². The van der Waals surface area contributed by atoms with Crippen LogP contribution in [0.3, 0.4) is 0 Å². The first kappa shape index (κ1) is 19.0. The molecular weight excluding hydrogens is 346 g/mol. The Morgan fingerprint density at radius 3 is 2.56 bits per heavy atom. The van der Waals surface area contributed by atoms with Crippen molar-refractivity contribution in [3.8, 4) is 0 Å². The van der Waals surface area contributed by atoms with Gasteiger partial charge in [0.1, 0.15) is 0 Å². The van der Waals surface area contributed by atoms with Crippen molar-refractivity contribution in [1.29, 1.82) is 0 Å². The number of hydrogen-bond acceptors (Lipinski definition) is 5. The quantitative estimate of drug-likeness (QED) is 0.832. The highest BCUT2D eigenvalue weighted by Gasteiger charge is 2.35. The SMILES string of the molecule is CNC(=O)c1cn(CC2(O)CCN(C(=O)c3ccc(C)c(C)c3)CC2)nn1. The van der Waals surface area contributed by atoms with Gasteiger partial charge in [-0.15, -0.1) is 5.10 Å². The van der Waals surface area contributed by atoms with Crippen molar-refractivity contribution in [2.75, 3.05) is 20.1 Å². The third kappa shape index (κ3) is 4.16. The molecule has 1 aliphatic rings. The Bertz CT molecular complexity index is 853. The van der Waals surface area contributed by atoms with E-state index in [2.05, 4.69) is 15.6 Å². The lowest BCUT2D eigenvalue weighted by Gasteiger charge is -2.38. The first-order valence-corrected chi connectivity index (χ1v) is 9.02. The van der Waals surface area contributed by atoms with Gasteiger partial charge in [-0.25, -0.2) is 4.68 Å². The Balaban J connectivity index is 1.61. The number of rotatable bonds is 4. The van der Waals surface area contributed by atoms with Gasteiger partial charge in [0.25, 0.3) is 11.8 Å². The van der Waals surface area contributed by atoms with Crippen LogP contribution in [0.1, 0.15) is 44.8 Å². The van der Waals surface area contributed by atoms with Gasteiger partial charge in [0.05, 0.1) is 18.3 Å². The van der Waals surface area contributed by atoms with E-state index in [0.717, 1.165) is 11.1 Å². The second-order valence-corrected chi connectivity index (χ2v) is 7.20. The van der Waals surface area contributed by atoms with Crippen LogP contribution in [0.25, 0.3) is 0 Å². The monoisotopic (exact) mass is 371 g/mol. The van der Waals surface area contributed by atoms with E-state index in [-0.39, 0.29) is 24.1 Å². The normalized spacial score (nSPS) is 16.2. The molecule has 1 fully saturated rings. The zero-order valence-electron chi connectivity index (χ0n) is 15.9. The Hall–Kier alpha value is -2.74. The molecule has 0 saturated carbocycles. The Kier molecular flexibility index (Phi) is 5.27. The van der Waals surface area contributed by atoms with Crippen LogP contribution < -0.4 is 5.32 Å². The zero-order chi connectivity index (χ0) is 19.6. The molecule has 1 aromatic heterocycles. The summed E-state index contributed by atoms with van der Waals surface area (Å²) in [6.07, 6.45) is 2.40. The van der Waals surface area contributed by atoms with Crippen molar-refractivity contribution in [3.05, 3.63) is 46.8 Å². The van der Waals surface area contributed by atoms with Gasteiger partial charge in [0.2, 0.25) is 0 Å². The molecule has 2 N–H and O–H groups in total. The molecule has 27 heavy (non-hydrogen) atoms. The van der Waals surface area contributed by atoms with E-state index in [0.29, 0.717) is 31.5 Å². The average Bonchev–Trinajstić information content (AvgIpc) is 3.11. The van der Waals surface area contributed by atoms with Gasteiger partial charge in [0, 0.05) is 25.7 Å². The van der Waals surface area contributed by atoms with Gasteiger partial charge in [0.15, 0.2) is 5.69 Å². The molecule has 2 amide bonds. The molecule has 1 aromatic carbocycles. The number of aryl methyl sites for hydroxylation is 2. The lowest BCUT2D eigenvalue weighted by Crippen LogP contribution is -2.48. The second-order valence-electron chi connectivity index (χ2n) is 7.20. The number of carbonyl (C=O) groups excluding carboxylic acids is 2. The topological polar surface area (TPSA) is 100 Å². The fraction of sp³-hybridized carbons (Fsp3) is 0.474. The summed E-state index contributed by atoms with van der Waals surface area (Å²) in [4.78, 5) is 26.1. The smallest absolute Gasteiger partial charge is 0.273 e. The molecule has 2 heterocycles. The van der Waals surface area contributed by atoms with E-state index in [4.69, 9.17) is 0 Å². The molecule has 0 atom stereocenters. The van der Waals surface area contributed by atoms with Gasteiger partial charge in [-0.05, 0) is 49.9 Å². The molecular formula is C19H25N5O3. The first-order valence-electron chi connectivity index (χ1n) is 9.02. The summed E-state index contributed by atoms with van der Waals surface area (Å²) < 4.78 is 1.48. The number of aromatic nitrogens is 3. The van der Waals surface area contributed by atoms with Gasteiger partial charge in [-0.2, -0.15) is 0 Å². The van der Waals surface area contributed by atoms with Crippen LogP contribution in [0, 0.1) is 13.8 Å². The number of piperidine rings is 1. The molecule has 1 saturated heterocycles. The summed E-state index contributed by atoms with van der Waals surface area (Å²) in [5.41, 5.74) is 2.16. The number of carbonyl (C=O) groups is 2. The van der Waals surface area contributed by atoms with E-state index in [9.17, 15) is 14.7 Å². The number of hydrogen-bond donors (Lipinski definition) is 2. The van der Waals surface area contributed by atoms with E-state index < -0.39 is 5.60 Å². The zero-order valence-corrected chi connectivity index (χ0v) is 15.9. The van der Waals surface area contributed by atoms with Crippen LogP contribution in [0.2, 0.25) is 0 Å². The molecule has 8 nitrogen and oxygen atoms in total. The first-order chi connectivity index (χ1) is 12.8. The van der Waals surface area contributed by atoms with Crippen LogP contribution in [-0.4, -0.2) is 62.6 Å². The molecule has 2 aromatic rings. The Labute approximate surface area is 158 Å². The van der Waals surface area contributed by atoms with Crippen LogP contribution in [0.4, 0.5) is 0 Å². The standard InChI is InChI=1S/C19H25N5O3/c1-13-4-5-15(10-14(13)2)18(26)23-8-6-19(27,7-9-23)12-24-11-16(21-22-24)17(25)20-3/h4-5,10-11,27H,6-9,12H2,1-3H3,(H,20,25). The summed E-state index contributed by atoms with van der Waals surface area (Å²) in [5.74, 6) is -0.329. The number of nitrogens with one attached hydrogen (secondary N) is 1. The van der Waals surface area contributed by atoms with E-state index in [1.165, 1.54) is 17.9 Å². The average molecular weight is 371 g/mol. The molecule has 0 unspecified atom stereocenters. The van der Waals surface area contributed by atoms with Crippen molar-refractivity contribution in [2.24, 2.45) is 0 Å². The molecule has 8 heteroatoms. The number of benzene rings is 1. The van der Waals surface area contributed by atoms with Crippen LogP contribution in [0.5, 0.6) is 0 Å². The second kappa shape index (κ2) is 7.48. The highest BCUT2D eigenvalue weighted by molar-refractivity contribution is 5.94. The molecule has 0 radical (unpaired) electrons. The number of aliphatic hydroxyl groups is 1. The summed E-state index contributed by atoms with van der Waals surface area (Å²) >= 11 is 0. The van der Waals surface area contributed by atoms with Crippen LogP contribution in [0.15, 0.2) is 24.4 Å². The largest absolute Gasteiger partial charge is 0.388 e. The molecule has 0 spiro atoms. The van der Waals surface area contributed by atoms with Crippen LogP contribution >= 0.6 is 0 Å². The third-order valence-corrected chi connectivity index (χ3v) is 5.19. The van der Waals surface area contributed by atoms with Crippen molar-refractivity contribution in [3.63, 3.8) is 0 Å². The lowest BCUT2D eigenvalue weighted by atomic mass is 9.91. The maximum Gasteiger partial charge on any atom is 0.273 e. The van der Waals surface area contributed by atoms with Crippen molar-refractivity contribution < 1.29 is 14.7 Å². The maximum absolute atomic E-state index is 12.7. The highest BCUT2D eigenvalue weighted by Crippen LogP contribution is 2.25. The molecule has 0 aliphatic carbocycles. The van der Waals surface area contributed by atoms with Gasteiger partial charge >= 0.3 is 0 Å². The fourth-order valence-corrected chi connectivity index (χ4v) is 3.25. The minimum atomic E-state index is -0.979. The van der Waals surface area contributed by atoms with Gasteiger partial charge in [-0.3, -0.25) is 9.59 Å². The summed E-state index contributed by atoms with van der Waals surface area (Å²) in [6.45, 7) is 5.19. The predicted octanol–water partition coefficient (Wildman–Crippen LogP) is 0.922.